The van der Waals surface area contributed by atoms with Crippen molar-refractivity contribution in [2.45, 2.75) is 182 Å². The molecule has 8 amide bonds. The second-order valence-electron chi connectivity index (χ2n) is 23.6. The molecule has 446 valence electrons. The van der Waals surface area contributed by atoms with Crippen LogP contribution in [0.15, 0.2) is 48.5 Å². The number of hydrogen-bond acceptors (Lipinski definition) is 12. The maximum Gasteiger partial charge on any atom is 0.262 e. The van der Waals surface area contributed by atoms with Crippen LogP contribution in [0.5, 0.6) is 0 Å². The Balaban J connectivity index is 1.07. The van der Waals surface area contributed by atoms with Gasteiger partial charge in [-0.3, -0.25) is 58.0 Å². The average molecular weight is 1190 g/mol. The first-order chi connectivity index (χ1) is 41.8. The highest BCUT2D eigenvalue weighted by Gasteiger charge is 2.45. The van der Waals surface area contributed by atoms with Crippen molar-refractivity contribution >= 4 is 91.5 Å². The Kier molecular flexibility index (Phi) is 19.5. The van der Waals surface area contributed by atoms with E-state index in [1.54, 1.807) is 12.1 Å². The van der Waals surface area contributed by atoms with Crippen molar-refractivity contribution in [3.63, 3.8) is 0 Å². The molecule has 0 spiro atoms. The number of rotatable bonds is 31. The SMILES string of the molecule is CCCCCCCCN1C(=O)c2cc(-c3ccc(-c4ccc(-c5cc6c7c(c(C#N)cc8c7c5C(=O)N(CCCCCCCC)C8=O)C(=O)N(CCCCCCCC)C6=O)s4)s3)c3c4c(cc(C#N)c(c24)C1=O)C(=O)N(CCCCCCCC)C3=O. The van der Waals surface area contributed by atoms with E-state index < -0.39 is 47.3 Å². The number of imide groups is 4. The van der Waals surface area contributed by atoms with E-state index in [-0.39, 0.29) is 103 Å². The highest BCUT2D eigenvalue weighted by Crippen LogP contribution is 2.50. The highest BCUT2D eigenvalue weighted by molar-refractivity contribution is 7.25. The first kappa shape index (κ1) is 61.4. The molecule has 0 saturated carbocycles. The standard InChI is InChI=1S/C70H76N6O8S2/c1-5-9-13-17-21-25-33-73-65(79)49-39-45(61-59-47(37-43(41-71)55(57(49)59)67(73)81)63(77)75(69(61)83)35-27-23-19-15-11-7-3)51-29-31-53(85-51)54-32-30-52(86-54)46-40-50-58-56(68(82)74(66(50)80)34-26-22-18-14-10-6-2)44(42-72)38-48-60(58)62(46)70(84)76(64(48)78)36-28-24-20-16-12-8-4/h29-32,37-40H,5-28,33-36H2,1-4H3. The molecule has 4 aromatic carbocycles. The number of unbranched alkanes of at least 4 members (excludes halogenated alkanes) is 20. The maximum absolute atomic E-state index is 15.2. The zero-order valence-corrected chi connectivity index (χ0v) is 51.8. The number of carbonyl (C=O) groups excluding carboxylic acids is 8. The molecule has 0 bridgehead atoms. The summed E-state index contributed by atoms with van der Waals surface area (Å²) >= 11 is 2.73. The molecule has 0 saturated heterocycles. The fraction of sp³-hybridized carbons (Fsp3) is 0.457. The molecule has 16 heteroatoms. The molecule has 10 rings (SSSR count). The minimum absolute atomic E-state index is 0.0190. The Morgan fingerprint density at radius 3 is 0.837 bits per heavy atom. The number of thiophene rings is 2. The van der Waals surface area contributed by atoms with Crippen LogP contribution in [-0.2, 0) is 0 Å². The van der Waals surface area contributed by atoms with E-state index in [4.69, 9.17) is 0 Å². The van der Waals surface area contributed by atoms with Crippen LogP contribution in [0.4, 0.5) is 0 Å². The van der Waals surface area contributed by atoms with Gasteiger partial charge in [0.15, 0.2) is 0 Å². The minimum Gasteiger partial charge on any atom is -0.274 e. The van der Waals surface area contributed by atoms with Crippen molar-refractivity contribution in [2.75, 3.05) is 26.2 Å². The van der Waals surface area contributed by atoms with Gasteiger partial charge in [0.05, 0.1) is 44.5 Å². The number of amides is 8. The summed E-state index contributed by atoms with van der Waals surface area (Å²) in [5.41, 5.74) is 1.68. The van der Waals surface area contributed by atoms with Gasteiger partial charge in [0.2, 0.25) is 0 Å². The zero-order chi connectivity index (χ0) is 60.8. The monoisotopic (exact) mass is 1190 g/mol. The second kappa shape index (κ2) is 27.4. The van der Waals surface area contributed by atoms with E-state index in [1.807, 2.05) is 24.3 Å². The Hall–Kier alpha value is -7.66. The summed E-state index contributed by atoms with van der Waals surface area (Å²) in [6.07, 6.45) is 22.2. The molecule has 6 heterocycles. The molecule has 6 aromatic rings. The zero-order valence-electron chi connectivity index (χ0n) is 50.2. The molecule has 4 aliphatic rings. The van der Waals surface area contributed by atoms with Gasteiger partial charge in [-0.15, -0.1) is 22.7 Å². The van der Waals surface area contributed by atoms with E-state index in [9.17, 15) is 39.3 Å². The number of benzene rings is 4. The largest absolute Gasteiger partial charge is 0.274 e. The van der Waals surface area contributed by atoms with Gasteiger partial charge < -0.3 is 0 Å². The first-order valence-corrected chi connectivity index (χ1v) is 33.3. The van der Waals surface area contributed by atoms with Crippen molar-refractivity contribution in [1.82, 2.24) is 19.6 Å². The van der Waals surface area contributed by atoms with Gasteiger partial charge in [-0.25, -0.2) is 0 Å². The lowest BCUT2D eigenvalue weighted by atomic mass is 9.81. The smallest absolute Gasteiger partial charge is 0.262 e. The highest BCUT2D eigenvalue weighted by atomic mass is 32.1. The Labute approximate surface area is 512 Å². The van der Waals surface area contributed by atoms with Crippen LogP contribution >= 0.6 is 22.7 Å². The molecule has 0 atom stereocenters. The van der Waals surface area contributed by atoms with Crippen molar-refractivity contribution in [2.24, 2.45) is 0 Å². The molecule has 0 fully saturated rings. The van der Waals surface area contributed by atoms with E-state index >= 15 is 9.59 Å². The Bertz CT molecular complexity index is 3570. The van der Waals surface area contributed by atoms with Crippen LogP contribution in [0, 0.1) is 22.7 Å². The van der Waals surface area contributed by atoms with E-state index in [0.717, 1.165) is 138 Å². The average Bonchev–Trinajstić information content (AvgIpc) is 0.774. The summed E-state index contributed by atoms with van der Waals surface area (Å²) in [5, 5.41) is 22.0. The molecule has 0 unspecified atom stereocenters. The topological polar surface area (TPSA) is 197 Å². The van der Waals surface area contributed by atoms with Gasteiger partial charge >= 0.3 is 0 Å². The lowest BCUT2D eigenvalue weighted by Crippen LogP contribution is -2.44. The fourth-order valence-electron chi connectivity index (χ4n) is 13.1. The van der Waals surface area contributed by atoms with Crippen LogP contribution in [0.2, 0.25) is 0 Å². The van der Waals surface area contributed by atoms with Crippen LogP contribution in [0.25, 0.3) is 52.2 Å². The number of nitriles is 2. The quantitative estimate of drug-likeness (QED) is 0.0298. The van der Waals surface area contributed by atoms with Crippen molar-refractivity contribution in [3.05, 3.63) is 104 Å². The van der Waals surface area contributed by atoms with E-state index in [0.29, 0.717) is 46.6 Å². The predicted octanol–water partition coefficient (Wildman–Crippen LogP) is 16.7. The molecule has 0 N–H and O–H groups in total. The van der Waals surface area contributed by atoms with E-state index in [2.05, 4.69) is 39.8 Å². The third-order valence-corrected chi connectivity index (χ3v) is 20.1. The summed E-state index contributed by atoms with van der Waals surface area (Å²) < 4.78 is 0. The van der Waals surface area contributed by atoms with Gasteiger partial charge in [0.1, 0.15) is 12.1 Å². The summed E-state index contributed by atoms with van der Waals surface area (Å²) in [6.45, 7) is 9.16. The molecule has 0 radical (unpaired) electrons. The lowest BCUT2D eigenvalue weighted by Gasteiger charge is -2.33. The Morgan fingerprint density at radius 1 is 0.302 bits per heavy atom. The molecule has 2 aromatic heterocycles. The van der Waals surface area contributed by atoms with Crippen molar-refractivity contribution in [3.8, 4) is 42.8 Å². The fourth-order valence-corrected chi connectivity index (χ4v) is 15.3. The van der Waals surface area contributed by atoms with Crippen LogP contribution < -0.4 is 0 Å². The number of nitrogens with zero attached hydrogens (tertiary/aromatic N) is 6. The van der Waals surface area contributed by atoms with Crippen molar-refractivity contribution < 1.29 is 38.4 Å². The summed E-state index contributed by atoms with van der Waals surface area (Å²) in [5.74, 6) is -4.55. The molecule has 4 aliphatic heterocycles. The van der Waals surface area contributed by atoms with Gasteiger partial charge in [0.25, 0.3) is 47.3 Å². The molecule has 86 heavy (non-hydrogen) atoms. The third kappa shape index (κ3) is 11.5. The Morgan fingerprint density at radius 2 is 0.547 bits per heavy atom. The number of carbonyl (C=O) groups is 8. The molecule has 0 aliphatic carbocycles. The van der Waals surface area contributed by atoms with Gasteiger partial charge in [-0.05, 0) is 74.2 Å². The van der Waals surface area contributed by atoms with Crippen molar-refractivity contribution in [1.29, 1.82) is 10.5 Å². The van der Waals surface area contributed by atoms with Crippen LogP contribution in [0.3, 0.4) is 0 Å². The lowest BCUT2D eigenvalue weighted by molar-refractivity contribution is 0.0586. The minimum atomic E-state index is -0.616. The first-order valence-electron chi connectivity index (χ1n) is 31.7. The van der Waals surface area contributed by atoms with Crippen LogP contribution in [0.1, 0.15) is 276 Å². The summed E-state index contributed by atoms with van der Waals surface area (Å²) in [7, 11) is 0. The summed E-state index contributed by atoms with van der Waals surface area (Å²) in [6, 6.07) is 18.1. The summed E-state index contributed by atoms with van der Waals surface area (Å²) in [4.78, 5) is 126. The molecular formula is C70H76N6O8S2. The third-order valence-electron chi connectivity index (χ3n) is 17.7. The van der Waals surface area contributed by atoms with Gasteiger partial charge in [-0.2, -0.15) is 10.5 Å². The van der Waals surface area contributed by atoms with E-state index in [1.165, 1.54) is 54.4 Å². The predicted molar refractivity (Wildman–Crippen MR) is 338 cm³/mol. The maximum atomic E-state index is 15.2. The molecule has 14 nitrogen and oxygen atoms in total. The van der Waals surface area contributed by atoms with Gasteiger partial charge in [-0.1, -0.05) is 156 Å². The van der Waals surface area contributed by atoms with Gasteiger partial charge in [0, 0.05) is 89.5 Å². The van der Waals surface area contributed by atoms with Crippen LogP contribution in [-0.4, -0.2) is 93.0 Å². The molecular weight excluding hydrogens is 1120 g/mol. The number of hydrogen-bond donors (Lipinski definition) is 0. The second-order valence-corrected chi connectivity index (χ2v) is 25.7. The normalized spacial score (nSPS) is 14.5.